The van der Waals surface area contributed by atoms with E-state index in [-0.39, 0.29) is 11.4 Å². The van der Waals surface area contributed by atoms with Crippen LogP contribution in [0.2, 0.25) is 0 Å². The minimum atomic E-state index is -0.810. The Morgan fingerprint density at radius 3 is 2.03 bits per heavy atom. The number of allylic oxidation sites excluding steroid dienone is 1. The second-order valence-electron chi connectivity index (χ2n) is 10.2. The first-order chi connectivity index (χ1) is 17.5. The van der Waals surface area contributed by atoms with Gasteiger partial charge in [0.25, 0.3) is 0 Å². The molecule has 4 rings (SSSR count). The minimum absolute atomic E-state index is 0.236. The van der Waals surface area contributed by atoms with Crippen molar-refractivity contribution < 1.29 is 13.2 Å². The molecule has 0 saturated heterocycles. The van der Waals surface area contributed by atoms with Gasteiger partial charge in [-0.1, -0.05) is 87.2 Å². The molecule has 0 atom stereocenters. The van der Waals surface area contributed by atoms with Gasteiger partial charge in [0.2, 0.25) is 0 Å². The van der Waals surface area contributed by atoms with Crippen LogP contribution in [0.4, 0.5) is 13.2 Å². The van der Waals surface area contributed by atoms with E-state index in [1.54, 1.807) is 42.5 Å². The molecule has 0 N–H and O–H groups in total. The maximum absolute atomic E-state index is 15.1. The third-order valence-corrected chi connectivity index (χ3v) is 7.79. The van der Waals surface area contributed by atoms with E-state index in [4.69, 9.17) is 0 Å². The van der Waals surface area contributed by atoms with E-state index in [0.717, 1.165) is 62.5 Å². The molecule has 0 aromatic heterocycles. The standard InChI is InChI=1S/C33H37F3/c1-3-5-6-7-8-9-27-18-21-30(33(36)32(27)35)26-16-14-25(15-17-26)29-20-19-28(22-31(29)34)24-12-10-23(4-2)11-13-24/h4,14-24H,2-3,5-13H2,1H3. The molecule has 0 aliphatic heterocycles. The summed E-state index contributed by atoms with van der Waals surface area (Å²) in [6.07, 6.45) is 12.3. The summed E-state index contributed by atoms with van der Waals surface area (Å²) in [4.78, 5) is 0. The molecule has 3 heteroatoms. The maximum atomic E-state index is 15.1. The third-order valence-electron chi connectivity index (χ3n) is 7.79. The van der Waals surface area contributed by atoms with Gasteiger partial charge in [0.15, 0.2) is 11.6 Å². The smallest absolute Gasteiger partial charge is 0.166 e. The molecule has 3 aromatic rings. The quantitative estimate of drug-likeness (QED) is 0.196. The predicted octanol–water partition coefficient (Wildman–Crippen LogP) is 10.4. The van der Waals surface area contributed by atoms with E-state index in [2.05, 4.69) is 13.5 Å². The second kappa shape index (κ2) is 12.4. The predicted molar refractivity (Wildman–Crippen MR) is 145 cm³/mol. The molecular weight excluding hydrogens is 453 g/mol. The average Bonchev–Trinajstić information content (AvgIpc) is 2.91. The van der Waals surface area contributed by atoms with Gasteiger partial charge in [-0.25, -0.2) is 13.2 Å². The van der Waals surface area contributed by atoms with Gasteiger partial charge in [-0.05, 0) is 78.7 Å². The van der Waals surface area contributed by atoms with Gasteiger partial charge in [-0.3, -0.25) is 0 Å². The monoisotopic (exact) mass is 490 g/mol. The molecule has 3 aromatic carbocycles. The number of rotatable bonds is 10. The highest BCUT2D eigenvalue weighted by atomic mass is 19.2. The lowest BCUT2D eigenvalue weighted by Gasteiger charge is -2.27. The highest BCUT2D eigenvalue weighted by Crippen LogP contribution is 2.38. The van der Waals surface area contributed by atoms with Gasteiger partial charge in [0.1, 0.15) is 5.82 Å². The molecule has 0 nitrogen and oxygen atoms in total. The number of aryl methyl sites for hydroxylation is 1. The Morgan fingerprint density at radius 1 is 0.750 bits per heavy atom. The van der Waals surface area contributed by atoms with Gasteiger partial charge in [0, 0.05) is 11.1 Å². The lowest BCUT2D eigenvalue weighted by Crippen LogP contribution is -2.11. The van der Waals surface area contributed by atoms with Gasteiger partial charge in [-0.15, -0.1) is 6.58 Å². The molecule has 0 spiro atoms. The summed E-state index contributed by atoms with van der Waals surface area (Å²) >= 11 is 0. The van der Waals surface area contributed by atoms with Crippen molar-refractivity contribution in [1.82, 2.24) is 0 Å². The van der Waals surface area contributed by atoms with Crippen molar-refractivity contribution in [2.75, 3.05) is 0 Å². The zero-order valence-electron chi connectivity index (χ0n) is 21.3. The Balaban J connectivity index is 1.45. The third kappa shape index (κ3) is 6.11. The molecule has 1 fully saturated rings. The SMILES string of the molecule is C=CC1CCC(c2ccc(-c3ccc(-c4ccc(CCCCCCC)c(F)c4F)cc3)c(F)c2)CC1. The van der Waals surface area contributed by atoms with Gasteiger partial charge in [-0.2, -0.15) is 0 Å². The highest BCUT2D eigenvalue weighted by Gasteiger charge is 2.22. The van der Waals surface area contributed by atoms with Crippen molar-refractivity contribution in [3.05, 3.63) is 95.8 Å². The molecule has 1 aliphatic carbocycles. The van der Waals surface area contributed by atoms with Crippen LogP contribution < -0.4 is 0 Å². The van der Waals surface area contributed by atoms with Crippen LogP contribution in [-0.4, -0.2) is 0 Å². The van der Waals surface area contributed by atoms with Crippen LogP contribution in [0, 0.1) is 23.4 Å². The number of hydrogen-bond acceptors (Lipinski definition) is 0. The Morgan fingerprint density at radius 2 is 1.39 bits per heavy atom. The molecule has 1 aliphatic rings. The van der Waals surface area contributed by atoms with Crippen LogP contribution in [-0.2, 0) is 6.42 Å². The summed E-state index contributed by atoms with van der Waals surface area (Å²) in [7, 11) is 0. The lowest BCUT2D eigenvalue weighted by atomic mass is 9.78. The fraction of sp³-hybridized carbons (Fsp3) is 0.394. The van der Waals surface area contributed by atoms with Crippen LogP contribution in [0.3, 0.4) is 0 Å². The van der Waals surface area contributed by atoms with Crippen molar-refractivity contribution in [2.24, 2.45) is 5.92 Å². The first kappa shape index (κ1) is 26.3. The van der Waals surface area contributed by atoms with Crippen molar-refractivity contribution in [3.63, 3.8) is 0 Å². The van der Waals surface area contributed by atoms with E-state index in [1.165, 1.54) is 6.42 Å². The van der Waals surface area contributed by atoms with Crippen LogP contribution in [0.5, 0.6) is 0 Å². The fourth-order valence-electron chi connectivity index (χ4n) is 5.46. The summed E-state index contributed by atoms with van der Waals surface area (Å²) in [5.74, 6) is -0.837. The van der Waals surface area contributed by atoms with Gasteiger partial charge in [0.05, 0.1) is 0 Å². The summed E-state index contributed by atoms with van der Waals surface area (Å²) in [6.45, 7) is 6.06. The van der Waals surface area contributed by atoms with Crippen molar-refractivity contribution >= 4 is 0 Å². The number of unbranched alkanes of at least 4 members (excludes halogenated alkanes) is 4. The van der Waals surface area contributed by atoms with Gasteiger partial charge >= 0.3 is 0 Å². The fourth-order valence-corrected chi connectivity index (χ4v) is 5.46. The molecule has 0 amide bonds. The summed E-state index contributed by atoms with van der Waals surface area (Å²) in [6, 6.07) is 15.9. The number of benzene rings is 3. The molecule has 0 bridgehead atoms. The Labute approximate surface area is 214 Å². The maximum Gasteiger partial charge on any atom is 0.166 e. The van der Waals surface area contributed by atoms with E-state index < -0.39 is 11.6 Å². The van der Waals surface area contributed by atoms with Crippen molar-refractivity contribution in [1.29, 1.82) is 0 Å². The minimum Gasteiger partial charge on any atom is -0.206 e. The first-order valence-electron chi connectivity index (χ1n) is 13.5. The Bertz CT molecular complexity index is 1150. The summed E-state index contributed by atoms with van der Waals surface area (Å²) < 4.78 is 44.7. The number of hydrogen-bond donors (Lipinski definition) is 0. The molecule has 1 saturated carbocycles. The molecule has 0 heterocycles. The molecule has 190 valence electrons. The molecular formula is C33H37F3. The van der Waals surface area contributed by atoms with E-state index in [0.29, 0.717) is 34.9 Å². The Kier molecular flexibility index (Phi) is 9.07. The van der Waals surface area contributed by atoms with Crippen LogP contribution in [0.15, 0.2) is 67.3 Å². The van der Waals surface area contributed by atoms with Gasteiger partial charge < -0.3 is 0 Å². The van der Waals surface area contributed by atoms with Crippen molar-refractivity contribution in [2.45, 2.75) is 77.0 Å². The zero-order valence-corrected chi connectivity index (χ0v) is 21.3. The van der Waals surface area contributed by atoms with Crippen molar-refractivity contribution in [3.8, 4) is 22.3 Å². The average molecular weight is 491 g/mol. The topological polar surface area (TPSA) is 0 Å². The van der Waals surface area contributed by atoms with Crippen LogP contribution >= 0.6 is 0 Å². The van der Waals surface area contributed by atoms with E-state index in [9.17, 15) is 8.78 Å². The Hall–Kier alpha value is -2.81. The molecule has 0 radical (unpaired) electrons. The van der Waals surface area contributed by atoms with E-state index in [1.807, 2.05) is 18.2 Å². The molecule has 36 heavy (non-hydrogen) atoms. The second-order valence-corrected chi connectivity index (χ2v) is 10.2. The largest absolute Gasteiger partial charge is 0.206 e. The lowest BCUT2D eigenvalue weighted by molar-refractivity contribution is 0.375. The van der Waals surface area contributed by atoms with Crippen LogP contribution in [0.1, 0.15) is 81.8 Å². The summed E-state index contributed by atoms with van der Waals surface area (Å²) in [5, 5.41) is 0. The molecule has 0 unspecified atom stereocenters. The highest BCUT2D eigenvalue weighted by molar-refractivity contribution is 5.71. The normalized spacial score (nSPS) is 17.8. The zero-order chi connectivity index (χ0) is 25.5. The number of halogens is 3. The first-order valence-corrected chi connectivity index (χ1v) is 13.5. The van der Waals surface area contributed by atoms with Crippen LogP contribution in [0.25, 0.3) is 22.3 Å². The summed E-state index contributed by atoms with van der Waals surface area (Å²) in [5.41, 5.74) is 3.56. The van der Waals surface area contributed by atoms with E-state index >= 15 is 4.39 Å².